The number of carbonyl (C=O) groups is 3. The van der Waals surface area contributed by atoms with Crippen LogP contribution in [0, 0.1) is 0 Å². The van der Waals surface area contributed by atoms with E-state index in [0.29, 0.717) is 54.0 Å². The molecule has 226 valence electrons. The molecule has 6 aromatic rings. The fourth-order valence-electron chi connectivity index (χ4n) is 6.54. The lowest BCUT2D eigenvalue weighted by Crippen LogP contribution is -2.30. The van der Waals surface area contributed by atoms with Gasteiger partial charge in [0, 0.05) is 53.9 Å². The summed E-state index contributed by atoms with van der Waals surface area (Å²) in [6.45, 7) is 3.80. The molecular weight excluding hydrogens is 568 g/mol. The number of para-hydroxylation sites is 2. The minimum absolute atomic E-state index is 0.0425. The number of H-pyrrole nitrogens is 1. The van der Waals surface area contributed by atoms with Crippen molar-refractivity contribution >= 4 is 39.5 Å². The number of nitrogens with one attached hydrogen (secondary N) is 1. The van der Waals surface area contributed by atoms with Crippen LogP contribution in [0.15, 0.2) is 90.0 Å². The van der Waals surface area contributed by atoms with Crippen LogP contribution in [0.5, 0.6) is 0 Å². The molecule has 0 atom stereocenters. The third kappa shape index (κ3) is 4.57. The van der Waals surface area contributed by atoms with Gasteiger partial charge in [-0.15, -0.1) is 0 Å². The Morgan fingerprint density at radius 3 is 1.96 bits per heavy atom. The van der Waals surface area contributed by atoms with Crippen molar-refractivity contribution in [2.75, 3.05) is 6.54 Å². The number of imide groups is 1. The van der Waals surface area contributed by atoms with Crippen LogP contribution in [0.2, 0.25) is 0 Å². The molecule has 4 heterocycles. The Balaban J connectivity index is 1.25. The summed E-state index contributed by atoms with van der Waals surface area (Å²) in [6, 6.07) is 22.6. The maximum Gasteiger partial charge on any atom is 0.331 e. The van der Waals surface area contributed by atoms with E-state index < -0.39 is 11.6 Å². The summed E-state index contributed by atoms with van der Waals surface area (Å²) in [5.74, 6) is -1.24. The van der Waals surface area contributed by atoms with Crippen molar-refractivity contribution < 1.29 is 14.4 Å². The normalized spacial score (nSPS) is 13.0. The molecule has 1 aliphatic heterocycles. The molecule has 3 amide bonds. The number of amides is 3. The second-order valence-electron chi connectivity index (χ2n) is 11.3. The van der Waals surface area contributed by atoms with Crippen LogP contribution in [-0.4, -0.2) is 47.9 Å². The monoisotopic (exact) mass is 600 g/mol. The number of imidazole rings is 1. The van der Waals surface area contributed by atoms with Crippen molar-refractivity contribution in [2.24, 2.45) is 5.73 Å². The zero-order valence-electron chi connectivity index (χ0n) is 24.8. The zero-order chi connectivity index (χ0) is 31.2. The summed E-state index contributed by atoms with van der Waals surface area (Å²) in [4.78, 5) is 56.0. The van der Waals surface area contributed by atoms with Gasteiger partial charge >= 0.3 is 5.69 Å². The molecule has 0 saturated carbocycles. The van der Waals surface area contributed by atoms with Crippen molar-refractivity contribution in [3.63, 3.8) is 0 Å². The molecule has 45 heavy (non-hydrogen) atoms. The molecule has 10 nitrogen and oxygen atoms in total. The first-order valence-electron chi connectivity index (χ1n) is 15.2. The predicted molar refractivity (Wildman–Crippen MR) is 173 cm³/mol. The van der Waals surface area contributed by atoms with E-state index in [9.17, 15) is 19.2 Å². The second-order valence-corrected chi connectivity index (χ2v) is 11.3. The average molecular weight is 601 g/mol. The van der Waals surface area contributed by atoms with Gasteiger partial charge in [-0.2, -0.15) is 0 Å². The number of fused-ring (bicyclic) bond motifs is 3. The maximum absolute atomic E-state index is 13.6. The summed E-state index contributed by atoms with van der Waals surface area (Å²) in [5.41, 5.74) is 10.0. The molecule has 1 aliphatic rings. The van der Waals surface area contributed by atoms with E-state index in [1.807, 2.05) is 60.9 Å². The topological polar surface area (TPSA) is 128 Å². The van der Waals surface area contributed by atoms with Gasteiger partial charge in [0.1, 0.15) is 5.69 Å². The highest BCUT2D eigenvalue weighted by atomic mass is 16.2. The summed E-state index contributed by atoms with van der Waals surface area (Å²) in [6.07, 6.45) is 6.13. The summed E-state index contributed by atoms with van der Waals surface area (Å²) < 4.78 is 5.76. The Kier molecular flexibility index (Phi) is 6.96. The van der Waals surface area contributed by atoms with Crippen LogP contribution in [0.1, 0.15) is 57.4 Å². The van der Waals surface area contributed by atoms with Crippen molar-refractivity contribution in [1.29, 1.82) is 0 Å². The quantitative estimate of drug-likeness (QED) is 0.163. The van der Waals surface area contributed by atoms with Gasteiger partial charge in [0.2, 0.25) is 0 Å². The number of primary amides is 1. The van der Waals surface area contributed by atoms with Crippen molar-refractivity contribution in [3.8, 4) is 16.9 Å². The van der Waals surface area contributed by atoms with Crippen LogP contribution in [0.3, 0.4) is 0 Å². The first-order valence-corrected chi connectivity index (χ1v) is 15.2. The SMILES string of the molecule is CCCn1cc(-n2c(-c3cn(CCCCN4C(=O)c5ccccc5C4=O)c4ccccc34)c(C(N)=O)[nH]c2=O)c2ccccc21. The lowest BCUT2D eigenvalue weighted by molar-refractivity contribution is 0.0651. The molecule has 0 fully saturated rings. The number of aromatic nitrogens is 4. The fourth-order valence-corrected chi connectivity index (χ4v) is 6.54. The maximum atomic E-state index is 13.6. The minimum Gasteiger partial charge on any atom is -0.364 e. The standard InChI is InChI=1S/C35H32N6O4/c1-2-17-38-21-29(25-14-6-8-16-28(25)38)41-31(30(32(36)42)37-35(41)45)26-20-39(27-15-7-5-11-22(26)27)18-9-10-19-40-33(43)23-12-3-4-13-24(23)34(40)44/h3-8,11-16,20-21H,2,9-10,17-19H2,1H3,(H2,36,42)(H,37,45). The largest absolute Gasteiger partial charge is 0.364 e. The molecule has 0 radical (unpaired) electrons. The first-order chi connectivity index (χ1) is 21.9. The Morgan fingerprint density at radius 1 is 0.711 bits per heavy atom. The van der Waals surface area contributed by atoms with Crippen molar-refractivity contribution in [1.82, 2.24) is 23.6 Å². The molecule has 3 N–H and O–H groups in total. The fraction of sp³-hybridized carbons (Fsp3) is 0.200. The molecule has 3 aromatic heterocycles. The minimum atomic E-state index is -0.726. The summed E-state index contributed by atoms with van der Waals surface area (Å²) in [5, 5.41) is 1.76. The van der Waals surface area contributed by atoms with Crippen molar-refractivity contribution in [3.05, 3.63) is 112 Å². The molecule has 0 spiro atoms. The number of rotatable bonds is 10. The first kappa shape index (κ1) is 28.1. The van der Waals surface area contributed by atoms with E-state index in [2.05, 4.69) is 21.0 Å². The van der Waals surface area contributed by atoms with Gasteiger partial charge in [0.15, 0.2) is 0 Å². The second kappa shape index (κ2) is 11.1. The highest BCUT2D eigenvalue weighted by molar-refractivity contribution is 6.21. The molecule has 7 rings (SSSR count). The molecule has 0 aliphatic carbocycles. The van der Waals surface area contributed by atoms with Gasteiger partial charge in [-0.25, -0.2) is 4.79 Å². The third-order valence-corrected chi connectivity index (χ3v) is 8.57. The number of benzene rings is 3. The third-order valence-electron chi connectivity index (χ3n) is 8.57. The van der Waals surface area contributed by atoms with E-state index >= 15 is 0 Å². The molecule has 3 aromatic carbocycles. The van der Waals surface area contributed by atoms with Gasteiger partial charge in [0.05, 0.1) is 28.0 Å². The number of hydrogen-bond donors (Lipinski definition) is 2. The Labute approximate surface area is 258 Å². The molecule has 0 unspecified atom stereocenters. The Bertz CT molecular complexity index is 2160. The highest BCUT2D eigenvalue weighted by Crippen LogP contribution is 2.35. The Hall–Kier alpha value is -5.64. The number of aromatic amines is 1. The zero-order valence-corrected chi connectivity index (χ0v) is 24.8. The number of carbonyl (C=O) groups excluding carboxylic acids is 3. The van der Waals surface area contributed by atoms with E-state index in [1.54, 1.807) is 28.8 Å². The van der Waals surface area contributed by atoms with Crippen molar-refractivity contribution in [2.45, 2.75) is 39.3 Å². The molecule has 10 heteroatoms. The number of nitrogens with two attached hydrogens (primary N) is 1. The number of hydrogen-bond acceptors (Lipinski definition) is 4. The van der Waals surface area contributed by atoms with Crippen LogP contribution in [-0.2, 0) is 13.1 Å². The van der Waals surface area contributed by atoms with Crippen LogP contribution in [0.25, 0.3) is 38.8 Å². The van der Waals surface area contributed by atoms with Gasteiger partial charge < -0.3 is 19.9 Å². The van der Waals surface area contributed by atoms with Crippen LogP contribution >= 0.6 is 0 Å². The number of nitrogens with zero attached hydrogens (tertiary/aromatic N) is 4. The molecule has 0 saturated heterocycles. The van der Waals surface area contributed by atoms with E-state index in [4.69, 9.17) is 5.73 Å². The van der Waals surface area contributed by atoms with Gasteiger partial charge in [-0.05, 0) is 43.5 Å². The molecular formula is C35H32N6O4. The summed E-state index contributed by atoms with van der Waals surface area (Å²) in [7, 11) is 0. The van der Waals surface area contributed by atoms with E-state index in [0.717, 1.165) is 34.8 Å². The van der Waals surface area contributed by atoms with E-state index in [1.165, 1.54) is 4.90 Å². The number of aryl methyl sites for hydroxylation is 2. The molecule has 0 bridgehead atoms. The highest BCUT2D eigenvalue weighted by Gasteiger charge is 2.34. The van der Waals surface area contributed by atoms with Gasteiger partial charge in [-0.1, -0.05) is 55.5 Å². The summed E-state index contributed by atoms with van der Waals surface area (Å²) >= 11 is 0. The average Bonchev–Trinajstić information content (AvgIpc) is 3.76. The van der Waals surface area contributed by atoms with Gasteiger partial charge in [0.25, 0.3) is 17.7 Å². The Morgan fingerprint density at radius 2 is 1.29 bits per heavy atom. The lowest BCUT2D eigenvalue weighted by Gasteiger charge is -2.14. The lowest BCUT2D eigenvalue weighted by atomic mass is 10.1. The predicted octanol–water partition coefficient (Wildman–Crippen LogP) is 5.33. The van der Waals surface area contributed by atoms with E-state index in [-0.39, 0.29) is 17.5 Å². The smallest absolute Gasteiger partial charge is 0.331 e. The van der Waals surface area contributed by atoms with Gasteiger partial charge in [-0.3, -0.25) is 23.9 Å². The van der Waals surface area contributed by atoms with Crippen LogP contribution in [0.4, 0.5) is 0 Å². The number of unbranched alkanes of at least 4 members (excludes halogenated alkanes) is 1. The van der Waals surface area contributed by atoms with Crippen LogP contribution < -0.4 is 11.4 Å².